The van der Waals surface area contributed by atoms with Gasteiger partial charge in [-0.15, -0.1) is 0 Å². The van der Waals surface area contributed by atoms with Gasteiger partial charge in [0, 0.05) is 19.0 Å². The Morgan fingerprint density at radius 3 is 2.88 bits per heavy atom. The number of aryl methyl sites for hydroxylation is 1. The molecule has 16 heavy (non-hydrogen) atoms. The van der Waals surface area contributed by atoms with Crippen molar-refractivity contribution in [2.75, 3.05) is 6.54 Å². The molecular weight excluding hydrogens is 204 g/mol. The van der Waals surface area contributed by atoms with E-state index in [2.05, 4.69) is 6.92 Å². The summed E-state index contributed by atoms with van der Waals surface area (Å²) in [5.41, 5.74) is 6.01. The van der Waals surface area contributed by atoms with Crippen molar-refractivity contribution in [2.45, 2.75) is 38.8 Å². The van der Waals surface area contributed by atoms with E-state index < -0.39 is 0 Å². The molecule has 2 N–H and O–H groups in total. The first-order chi connectivity index (χ1) is 7.63. The van der Waals surface area contributed by atoms with Crippen LogP contribution in [0.25, 0.3) is 0 Å². The van der Waals surface area contributed by atoms with Crippen molar-refractivity contribution in [3.8, 4) is 0 Å². The maximum Gasteiger partial charge on any atom is 0.224 e. The fourth-order valence-corrected chi connectivity index (χ4v) is 2.30. The van der Waals surface area contributed by atoms with E-state index in [0.29, 0.717) is 6.42 Å². The van der Waals surface area contributed by atoms with Gasteiger partial charge in [0.25, 0.3) is 0 Å². The third-order valence-corrected chi connectivity index (χ3v) is 2.99. The van der Waals surface area contributed by atoms with E-state index in [0.717, 1.165) is 24.5 Å². The average molecular weight is 222 g/mol. The van der Waals surface area contributed by atoms with E-state index in [4.69, 9.17) is 10.2 Å². The minimum absolute atomic E-state index is 0.0823. The molecule has 1 fully saturated rings. The molecule has 1 amide bonds. The average Bonchev–Trinajstić information content (AvgIpc) is 2.73. The third kappa shape index (κ3) is 1.85. The Hall–Kier alpha value is -1.29. The zero-order valence-corrected chi connectivity index (χ0v) is 9.77. The number of nitrogens with zero attached hydrogens (tertiary/aromatic N) is 1. The molecule has 1 aliphatic rings. The second kappa shape index (κ2) is 4.29. The highest BCUT2D eigenvalue weighted by Gasteiger charge is 2.39. The number of hydrogen-bond acceptors (Lipinski definition) is 3. The number of rotatable bonds is 3. The Balaban J connectivity index is 2.26. The molecule has 0 spiro atoms. The smallest absolute Gasteiger partial charge is 0.224 e. The lowest BCUT2D eigenvalue weighted by Crippen LogP contribution is -2.33. The van der Waals surface area contributed by atoms with E-state index in [1.807, 2.05) is 24.0 Å². The number of nitrogens with two attached hydrogens (primary N) is 1. The standard InChI is InChI=1S/C12H18N2O2/c1-3-6-14-11(15)7-9(13)12(14)10-5-4-8(2)16-10/h4-5,9,12H,3,6-7,13H2,1-2H3. The number of hydrogen-bond donors (Lipinski definition) is 1. The summed E-state index contributed by atoms with van der Waals surface area (Å²) in [6, 6.07) is 3.60. The van der Waals surface area contributed by atoms with Crippen LogP contribution in [0.4, 0.5) is 0 Å². The zero-order valence-electron chi connectivity index (χ0n) is 9.77. The van der Waals surface area contributed by atoms with Crippen molar-refractivity contribution in [1.82, 2.24) is 4.90 Å². The highest BCUT2D eigenvalue weighted by molar-refractivity contribution is 5.80. The molecule has 2 rings (SSSR count). The highest BCUT2D eigenvalue weighted by atomic mass is 16.3. The van der Waals surface area contributed by atoms with Crippen LogP contribution in [0.5, 0.6) is 0 Å². The molecule has 2 heterocycles. The molecule has 1 aliphatic heterocycles. The van der Waals surface area contributed by atoms with Gasteiger partial charge in [-0.05, 0) is 25.5 Å². The Bertz CT molecular complexity index is 386. The van der Waals surface area contributed by atoms with Crippen molar-refractivity contribution in [1.29, 1.82) is 0 Å². The molecule has 1 aromatic heterocycles. The van der Waals surface area contributed by atoms with Gasteiger partial charge in [0.15, 0.2) is 0 Å². The van der Waals surface area contributed by atoms with E-state index >= 15 is 0 Å². The van der Waals surface area contributed by atoms with Crippen LogP contribution >= 0.6 is 0 Å². The Kier molecular flexibility index (Phi) is 3.01. The van der Waals surface area contributed by atoms with Gasteiger partial charge in [-0.2, -0.15) is 0 Å². The van der Waals surface area contributed by atoms with Crippen molar-refractivity contribution < 1.29 is 9.21 Å². The van der Waals surface area contributed by atoms with E-state index in [9.17, 15) is 4.79 Å². The van der Waals surface area contributed by atoms with Crippen molar-refractivity contribution in [2.24, 2.45) is 5.73 Å². The van der Waals surface area contributed by atoms with Gasteiger partial charge in [-0.3, -0.25) is 4.79 Å². The van der Waals surface area contributed by atoms with Gasteiger partial charge in [-0.25, -0.2) is 0 Å². The number of carbonyl (C=O) groups is 1. The van der Waals surface area contributed by atoms with Gasteiger partial charge in [0.1, 0.15) is 17.6 Å². The monoisotopic (exact) mass is 222 g/mol. The summed E-state index contributed by atoms with van der Waals surface area (Å²) in [6.07, 6.45) is 1.36. The first kappa shape index (κ1) is 11.2. The molecule has 0 aliphatic carbocycles. The minimum atomic E-state index is -0.149. The first-order valence-corrected chi connectivity index (χ1v) is 5.75. The number of amides is 1. The van der Waals surface area contributed by atoms with Crippen LogP contribution in [0, 0.1) is 6.92 Å². The molecule has 0 saturated carbocycles. The second-order valence-corrected chi connectivity index (χ2v) is 4.35. The molecule has 2 unspecified atom stereocenters. The van der Waals surface area contributed by atoms with Gasteiger partial charge in [0.05, 0.1) is 0 Å². The van der Waals surface area contributed by atoms with Gasteiger partial charge >= 0.3 is 0 Å². The Morgan fingerprint density at radius 1 is 1.56 bits per heavy atom. The maximum absolute atomic E-state index is 11.8. The molecular formula is C12H18N2O2. The van der Waals surface area contributed by atoms with Crippen molar-refractivity contribution >= 4 is 5.91 Å². The lowest BCUT2D eigenvalue weighted by atomic mass is 10.1. The third-order valence-electron chi connectivity index (χ3n) is 2.99. The Morgan fingerprint density at radius 2 is 2.31 bits per heavy atom. The van der Waals surface area contributed by atoms with Crippen LogP contribution in [-0.2, 0) is 4.79 Å². The summed E-state index contributed by atoms with van der Waals surface area (Å²) in [6.45, 7) is 4.70. The van der Waals surface area contributed by atoms with E-state index in [1.165, 1.54) is 0 Å². The number of carbonyl (C=O) groups excluding carboxylic acids is 1. The molecule has 1 saturated heterocycles. The van der Waals surface area contributed by atoms with Crippen molar-refractivity contribution in [3.63, 3.8) is 0 Å². The minimum Gasteiger partial charge on any atom is -0.464 e. The predicted molar refractivity (Wildman–Crippen MR) is 60.8 cm³/mol. The first-order valence-electron chi connectivity index (χ1n) is 5.75. The van der Waals surface area contributed by atoms with Gasteiger partial charge in [-0.1, -0.05) is 6.92 Å². The molecule has 0 aromatic carbocycles. The van der Waals surface area contributed by atoms with Crippen LogP contribution in [0.15, 0.2) is 16.5 Å². The SMILES string of the molecule is CCCN1C(=O)CC(N)C1c1ccc(C)o1. The predicted octanol–water partition coefficient (Wildman–Crippen LogP) is 1.60. The summed E-state index contributed by atoms with van der Waals surface area (Å²) in [5, 5.41) is 0. The normalized spacial score (nSPS) is 25.4. The summed E-state index contributed by atoms with van der Waals surface area (Å²) in [5.74, 6) is 1.80. The number of furan rings is 1. The van der Waals surface area contributed by atoms with Crippen LogP contribution in [0.2, 0.25) is 0 Å². The molecule has 4 nitrogen and oxygen atoms in total. The molecule has 0 radical (unpaired) electrons. The zero-order chi connectivity index (χ0) is 11.7. The van der Waals surface area contributed by atoms with Crippen LogP contribution in [-0.4, -0.2) is 23.4 Å². The van der Waals surface area contributed by atoms with Crippen LogP contribution in [0.1, 0.15) is 37.3 Å². The Labute approximate surface area is 95.4 Å². The lowest BCUT2D eigenvalue weighted by molar-refractivity contribution is -0.129. The van der Waals surface area contributed by atoms with E-state index in [-0.39, 0.29) is 18.0 Å². The van der Waals surface area contributed by atoms with E-state index in [1.54, 1.807) is 0 Å². The van der Waals surface area contributed by atoms with Crippen LogP contribution < -0.4 is 5.73 Å². The summed E-state index contributed by atoms with van der Waals surface area (Å²) in [4.78, 5) is 13.6. The largest absolute Gasteiger partial charge is 0.464 e. The molecule has 88 valence electrons. The quantitative estimate of drug-likeness (QED) is 0.845. The highest BCUT2D eigenvalue weighted by Crippen LogP contribution is 2.32. The van der Waals surface area contributed by atoms with Gasteiger partial charge < -0.3 is 15.1 Å². The van der Waals surface area contributed by atoms with Crippen molar-refractivity contribution in [3.05, 3.63) is 23.7 Å². The molecule has 4 heteroatoms. The molecule has 0 bridgehead atoms. The van der Waals surface area contributed by atoms with Crippen LogP contribution in [0.3, 0.4) is 0 Å². The summed E-state index contributed by atoms with van der Waals surface area (Å²) >= 11 is 0. The summed E-state index contributed by atoms with van der Waals surface area (Å²) < 4.78 is 5.59. The maximum atomic E-state index is 11.8. The molecule has 2 atom stereocenters. The molecule has 1 aromatic rings. The second-order valence-electron chi connectivity index (χ2n) is 4.35. The fraction of sp³-hybridized carbons (Fsp3) is 0.583. The topological polar surface area (TPSA) is 59.5 Å². The lowest BCUT2D eigenvalue weighted by Gasteiger charge is -2.24. The van der Waals surface area contributed by atoms with Gasteiger partial charge in [0.2, 0.25) is 5.91 Å². The fourth-order valence-electron chi connectivity index (χ4n) is 2.30. The number of likely N-dealkylation sites (tertiary alicyclic amines) is 1. The summed E-state index contributed by atoms with van der Waals surface area (Å²) in [7, 11) is 0.